The fourth-order valence-electron chi connectivity index (χ4n) is 3.34. The topological polar surface area (TPSA) is 21.3 Å². The minimum Gasteiger partial charge on any atom is -0.497 e. The van der Waals surface area contributed by atoms with Crippen molar-refractivity contribution in [2.45, 2.75) is 100.0 Å². The smallest absolute Gasteiger partial charge is 0.119 e. The second-order valence-corrected chi connectivity index (χ2v) is 6.51. The normalized spacial score (nSPS) is 11.9. The summed E-state index contributed by atoms with van der Waals surface area (Å²) in [6.07, 6.45) is 7.58. The maximum atomic E-state index is 5.30. The molecule has 0 aliphatic rings. The molecule has 1 rings (SSSR count). The van der Waals surface area contributed by atoms with E-state index >= 15 is 0 Å². The summed E-state index contributed by atoms with van der Waals surface area (Å²) in [6.45, 7) is 21.3. The maximum Gasteiger partial charge on any atom is 0.119 e. The van der Waals surface area contributed by atoms with Crippen LogP contribution in [0.1, 0.15) is 98.1 Å². The molecule has 2 nitrogen and oxygen atoms in total. The van der Waals surface area contributed by atoms with Gasteiger partial charge in [-0.05, 0) is 55.9 Å². The Morgan fingerprint density at radius 1 is 1.04 bits per heavy atom. The van der Waals surface area contributed by atoms with Crippen LogP contribution in [-0.2, 0) is 0 Å². The molecule has 0 spiro atoms. The van der Waals surface area contributed by atoms with E-state index in [1.165, 1.54) is 43.2 Å². The van der Waals surface area contributed by atoms with Gasteiger partial charge in [0.1, 0.15) is 5.75 Å². The first-order chi connectivity index (χ1) is 13.1. The zero-order valence-corrected chi connectivity index (χ0v) is 19.7. The highest BCUT2D eigenvalue weighted by Crippen LogP contribution is 2.25. The van der Waals surface area contributed by atoms with Crippen LogP contribution in [0.4, 0.5) is 0 Å². The Balaban J connectivity index is 0. The van der Waals surface area contributed by atoms with Gasteiger partial charge in [0.25, 0.3) is 0 Å². The molecule has 0 radical (unpaired) electrons. The van der Waals surface area contributed by atoms with E-state index in [1.807, 2.05) is 33.8 Å². The van der Waals surface area contributed by atoms with Gasteiger partial charge in [-0.3, -0.25) is 0 Å². The first-order valence-corrected chi connectivity index (χ1v) is 11.2. The molecule has 158 valence electrons. The molecule has 1 N–H and O–H groups in total. The van der Waals surface area contributed by atoms with Gasteiger partial charge in [0.05, 0.1) is 7.11 Å². The lowest BCUT2D eigenvalue weighted by atomic mass is 9.87. The van der Waals surface area contributed by atoms with E-state index in [1.54, 1.807) is 7.11 Å². The molecule has 2 unspecified atom stereocenters. The van der Waals surface area contributed by atoms with E-state index in [0.717, 1.165) is 23.8 Å². The fourth-order valence-corrected chi connectivity index (χ4v) is 3.34. The number of aryl methyl sites for hydroxylation is 1. The van der Waals surface area contributed by atoms with E-state index in [9.17, 15) is 0 Å². The van der Waals surface area contributed by atoms with Crippen LogP contribution in [0.3, 0.4) is 0 Å². The van der Waals surface area contributed by atoms with Crippen molar-refractivity contribution in [1.82, 2.24) is 5.32 Å². The van der Waals surface area contributed by atoms with Crippen molar-refractivity contribution in [2.24, 2.45) is 5.92 Å². The molecule has 0 saturated heterocycles. The molecule has 2 atom stereocenters. The first-order valence-electron chi connectivity index (χ1n) is 11.2. The molecule has 0 aromatic heterocycles. The van der Waals surface area contributed by atoms with E-state index in [4.69, 9.17) is 4.74 Å². The molecule has 0 amide bonds. The van der Waals surface area contributed by atoms with E-state index in [-0.39, 0.29) is 0 Å². The second-order valence-electron chi connectivity index (χ2n) is 6.51. The van der Waals surface area contributed by atoms with Crippen LogP contribution in [0.5, 0.6) is 5.75 Å². The first kappa shape index (κ1) is 27.8. The number of rotatable bonds is 11. The van der Waals surface area contributed by atoms with E-state index in [2.05, 4.69) is 51.7 Å². The minimum absolute atomic E-state index is 0.510. The number of methoxy groups -OCH3 is 1. The predicted octanol–water partition coefficient (Wildman–Crippen LogP) is 8.00. The van der Waals surface area contributed by atoms with Crippen LogP contribution < -0.4 is 10.1 Å². The standard InChI is InChI=1S/C21H35NO.2C2H6/c1-7-10-12-18(11-8-2)21(9-3)22-17(5)20-14-13-19(23-6)15-16(20)4;2*1-2/h13-15,18,21-22H,5,7-12H2,1-4,6H3;2*1-2H3. The molecule has 1 aromatic rings. The van der Waals surface area contributed by atoms with Gasteiger partial charge in [0.2, 0.25) is 0 Å². The Labute approximate surface area is 170 Å². The summed E-state index contributed by atoms with van der Waals surface area (Å²) in [5, 5.41) is 3.72. The number of nitrogens with one attached hydrogen (secondary N) is 1. The molecule has 0 saturated carbocycles. The Hall–Kier alpha value is -1.44. The molecule has 0 fully saturated rings. The Morgan fingerprint density at radius 2 is 1.67 bits per heavy atom. The Bertz CT molecular complexity index is 481. The van der Waals surface area contributed by atoms with E-state index in [0.29, 0.717) is 6.04 Å². The maximum absolute atomic E-state index is 5.30. The highest BCUT2D eigenvalue weighted by atomic mass is 16.5. The molecular formula is C25H47NO. The minimum atomic E-state index is 0.510. The molecule has 0 aliphatic heterocycles. The average molecular weight is 378 g/mol. The van der Waals surface area contributed by atoms with Crippen molar-refractivity contribution >= 4 is 5.70 Å². The lowest BCUT2D eigenvalue weighted by Gasteiger charge is -2.29. The largest absolute Gasteiger partial charge is 0.497 e. The number of unbranched alkanes of at least 4 members (excludes halogenated alkanes) is 1. The summed E-state index contributed by atoms with van der Waals surface area (Å²) in [5.74, 6) is 1.64. The van der Waals surface area contributed by atoms with Gasteiger partial charge in [-0.15, -0.1) is 0 Å². The van der Waals surface area contributed by atoms with Gasteiger partial charge < -0.3 is 10.1 Å². The van der Waals surface area contributed by atoms with Crippen LogP contribution in [0, 0.1) is 12.8 Å². The Morgan fingerprint density at radius 3 is 2.11 bits per heavy atom. The summed E-state index contributed by atoms with van der Waals surface area (Å²) in [4.78, 5) is 0. The predicted molar refractivity (Wildman–Crippen MR) is 125 cm³/mol. The average Bonchev–Trinajstić information content (AvgIpc) is 2.72. The zero-order valence-electron chi connectivity index (χ0n) is 19.7. The third kappa shape index (κ3) is 10.5. The lowest BCUT2D eigenvalue weighted by Crippen LogP contribution is -2.34. The van der Waals surface area contributed by atoms with Crippen molar-refractivity contribution in [3.63, 3.8) is 0 Å². The number of benzene rings is 1. The number of hydrogen-bond acceptors (Lipinski definition) is 2. The van der Waals surface area contributed by atoms with Gasteiger partial charge in [0.15, 0.2) is 0 Å². The molecule has 1 aromatic carbocycles. The molecular weight excluding hydrogens is 330 g/mol. The summed E-state index contributed by atoms with van der Waals surface area (Å²) in [5.41, 5.74) is 3.43. The third-order valence-corrected chi connectivity index (χ3v) is 4.72. The SMILES string of the molecule is C=C(NC(CC)C(CCC)CCCC)c1ccc(OC)cc1C.CC.CC. The molecule has 2 heteroatoms. The fraction of sp³-hybridized carbons (Fsp3) is 0.680. The number of hydrogen-bond donors (Lipinski definition) is 1. The molecule has 0 bridgehead atoms. The second kappa shape index (κ2) is 17.9. The summed E-state index contributed by atoms with van der Waals surface area (Å²) in [7, 11) is 1.71. The monoisotopic (exact) mass is 377 g/mol. The quantitative estimate of drug-likeness (QED) is 0.422. The van der Waals surface area contributed by atoms with Gasteiger partial charge in [-0.2, -0.15) is 0 Å². The summed E-state index contributed by atoms with van der Waals surface area (Å²) in [6, 6.07) is 6.70. The molecule has 0 heterocycles. The van der Waals surface area contributed by atoms with Gasteiger partial charge in [-0.25, -0.2) is 0 Å². The summed E-state index contributed by atoms with van der Waals surface area (Å²) >= 11 is 0. The van der Waals surface area contributed by atoms with Crippen molar-refractivity contribution in [2.75, 3.05) is 7.11 Å². The van der Waals surface area contributed by atoms with Crippen molar-refractivity contribution in [3.05, 3.63) is 35.9 Å². The lowest BCUT2D eigenvalue weighted by molar-refractivity contribution is 0.324. The van der Waals surface area contributed by atoms with Crippen LogP contribution >= 0.6 is 0 Å². The Kier molecular flexibility index (Phi) is 18.5. The van der Waals surface area contributed by atoms with Gasteiger partial charge in [0, 0.05) is 17.3 Å². The van der Waals surface area contributed by atoms with Crippen LogP contribution in [0.25, 0.3) is 5.70 Å². The van der Waals surface area contributed by atoms with Crippen molar-refractivity contribution in [3.8, 4) is 5.75 Å². The van der Waals surface area contributed by atoms with Crippen molar-refractivity contribution in [1.29, 1.82) is 0 Å². The summed E-state index contributed by atoms with van der Waals surface area (Å²) < 4.78 is 5.30. The van der Waals surface area contributed by atoms with E-state index < -0.39 is 0 Å². The zero-order chi connectivity index (χ0) is 21.2. The van der Waals surface area contributed by atoms with Gasteiger partial charge >= 0.3 is 0 Å². The molecule has 27 heavy (non-hydrogen) atoms. The molecule has 0 aliphatic carbocycles. The van der Waals surface area contributed by atoms with Gasteiger partial charge in [-0.1, -0.05) is 74.3 Å². The third-order valence-electron chi connectivity index (χ3n) is 4.72. The highest BCUT2D eigenvalue weighted by molar-refractivity contribution is 5.65. The number of ether oxygens (including phenoxy) is 1. The van der Waals surface area contributed by atoms with Crippen LogP contribution in [-0.4, -0.2) is 13.2 Å². The highest BCUT2D eigenvalue weighted by Gasteiger charge is 2.20. The van der Waals surface area contributed by atoms with Crippen LogP contribution in [0.15, 0.2) is 24.8 Å². The van der Waals surface area contributed by atoms with Crippen LogP contribution in [0.2, 0.25) is 0 Å². The van der Waals surface area contributed by atoms with Crippen molar-refractivity contribution < 1.29 is 4.74 Å².